The highest BCUT2D eigenvalue weighted by Gasteiger charge is 2.06. The zero-order valence-electron chi connectivity index (χ0n) is 13.1. The summed E-state index contributed by atoms with van der Waals surface area (Å²) in [6, 6.07) is 14.8. The molecule has 120 valence electrons. The van der Waals surface area contributed by atoms with Crippen LogP contribution in [0.4, 0.5) is 0 Å². The highest BCUT2D eigenvalue weighted by atomic mass is 16.4. The summed E-state index contributed by atoms with van der Waals surface area (Å²) in [7, 11) is 0. The maximum Gasteiger partial charge on any atom is 0.335 e. The lowest BCUT2D eigenvalue weighted by Gasteiger charge is -2.03. The van der Waals surface area contributed by atoms with E-state index in [-0.39, 0.29) is 5.56 Å². The summed E-state index contributed by atoms with van der Waals surface area (Å²) in [5, 5.41) is 20.6. The molecule has 0 saturated carbocycles. The van der Waals surface area contributed by atoms with Crippen molar-refractivity contribution in [3.63, 3.8) is 0 Å². The van der Waals surface area contributed by atoms with Gasteiger partial charge in [0.25, 0.3) is 0 Å². The van der Waals surface area contributed by atoms with Gasteiger partial charge >= 0.3 is 5.97 Å². The van der Waals surface area contributed by atoms with Gasteiger partial charge in [0.05, 0.1) is 12.1 Å². The van der Waals surface area contributed by atoms with Crippen molar-refractivity contribution < 1.29 is 9.90 Å². The number of rotatable bonds is 5. The molecule has 0 saturated heterocycles. The third-order valence-corrected chi connectivity index (χ3v) is 3.60. The van der Waals surface area contributed by atoms with E-state index in [1.807, 2.05) is 43.3 Å². The number of tetrazole rings is 1. The number of hydrogen-bond acceptors (Lipinski definition) is 4. The first kappa shape index (κ1) is 15.6. The van der Waals surface area contributed by atoms with Crippen molar-refractivity contribution >= 4 is 18.1 Å². The Morgan fingerprint density at radius 3 is 2.46 bits per heavy atom. The summed E-state index contributed by atoms with van der Waals surface area (Å²) in [5.41, 5.74) is 3.47. The Balaban J connectivity index is 1.75. The standard InChI is InChI=1S/C18H16N4O2/c1-13-2-4-14(5-3-13)8-11-17-19-20-21-22(17)12-15-6-9-16(10-7-15)18(23)24/h2-11H,12H2,1H3,(H,23,24)/b11-8+. The Morgan fingerprint density at radius 1 is 1.08 bits per heavy atom. The number of aromatic carboxylic acids is 1. The molecule has 6 heteroatoms. The largest absolute Gasteiger partial charge is 0.478 e. The molecule has 0 atom stereocenters. The van der Waals surface area contributed by atoms with E-state index in [4.69, 9.17) is 5.11 Å². The molecule has 0 spiro atoms. The smallest absolute Gasteiger partial charge is 0.335 e. The molecule has 1 aromatic heterocycles. The minimum absolute atomic E-state index is 0.259. The molecule has 0 unspecified atom stereocenters. The number of hydrogen-bond donors (Lipinski definition) is 1. The number of carbonyl (C=O) groups is 1. The second-order valence-corrected chi connectivity index (χ2v) is 5.44. The van der Waals surface area contributed by atoms with Crippen molar-refractivity contribution in [1.82, 2.24) is 20.2 Å². The minimum atomic E-state index is -0.939. The number of carboxylic acids is 1. The van der Waals surface area contributed by atoms with Crippen LogP contribution in [0.15, 0.2) is 48.5 Å². The SMILES string of the molecule is Cc1ccc(/C=C/c2nnnn2Cc2ccc(C(=O)O)cc2)cc1. The Bertz CT molecular complexity index is 865. The lowest BCUT2D eigenvalue weighted by atomic mass is 10.1. The maximum atomic E-state index is 10.9. The third kappa shape index (κ3) is 3.73. The van der Waals surface area contributed by atoms with Crippen LogP contribution in [-0.4, -0.2) is 31.3 Å². The Hall–Kier alpha value is -3.28. The molecule has 6 nitrogen and oxygen atoms in total. The van der Waals surface area contributed by atoms with E-state index in [0.717, 1.165) is 11.1 Å². The normalized spacial score (nSPS) is 11.0. The molecule has 0 amide bonds. The molecule has 1 N–H and O–H groups in total. The van der Waals surface area contributed by atoms with Crippen LogP contribution in [0, 0.1) is 6.92 Å². The van der Waals surface area contributed by atoms with Crippen molar-refractivity contribution in [2.24, 2.45) is 0 Å². The fraction of sp³-hybridized carbons (Fsp3) is 0.111. The predicted octanol–water partition coefficient (Wildman–Crippen LogP) is 2.90. The third-order valence-electron chi connectivity index (χ3n) is 3.60. The summed E-state index contributed by atoms with van der Waals surface area (Å²) in [6.07, 6.45) is 3.81. The summed E-state index contributed by atoms with van der Waals surface area (Å²) in [5.74, 6) is -0.302. The van der Waals surface area contributed by atoms with Crippen LogP contribution in [0.3, 0.4) is 0 Å². The molecule has 0 bridgehead atoms. The fourth-order valence-electron chi connectivity index (χ4n) is 2.22. The summed E-state index contributed by atoms with van der Waals surface area (Å²) in [6.45, 7) is 2.52. The zero-order chi connectivity index (χ0) is 16.9. The number of aryl methyl sites for hydroxylation is 1. The van der Waals surface area contributed by atoms with Gasteiger partial charge in [-0.2, -0.15) is 0 Å². The molecular weight excluding hydrogens is 304 g/mol. The first-order valence-corrected chi connectivity index (χ1v) is 7.45. The Morgan fingerprint density at radius 2 is 1.79 bits per heavy atom. The van der Waals surface area contributed by atoms with Gasteiger partial charge in [-0.25, -0.2) is 9.48 Å². The average molecular weight is 320 g/mol. The van der Waals surface area contributed by atoms with Crippen LogP contribution in [0.5, 0.6) is 0 Å². The second kappa shape index (κ2) is 6.87. The topological polar surface area (TPSA) is 80.9 Å². The lowest BCUT2D eigenvalue weighted by Crippen LogP contribution is -2.05. The van der Waals surface area contributed by atoms with Crippen LogP contribution < -0.4 is 0 Å². The van der Waals surface area contributed by atoms with Gasteiger partial charge in [0.1, 0.15) is 0 Å². The van der Waals surface area contributed by atoms with Gasteiger partial charge in [0, 0.05) is 0 Å². The van der Waals surface area contributed by atoms with E-state index < -0.39 is 5.97 Å². The minimum Gasteiger partial charge on any atom is -0.478 e. The quantitative estimate of drug-likeness (QED) is 0.782. The zero-order valence-corrected chi connectivity index (χ0v) is 13.1. The molecular formula is C18H16N4O2. The van der Waals surface area contributed by atoms with Crippen LogP contribution in [0.2, 0.25) is 0 Å². The van der Waals surface area contributed by atoms with Gasteiger partial charge in [0.15, 0.2) is 5.82 Å². The van der Waals surface area contributed by atoms with Crippen LogP contribution in [-0.2, 0) is 6.54 Å². The van der Waals surface area contributed by atoms with Gasteiger partial charge in [0.2, 0.25) is 0 Å². The fourth-order valence-corrected chi connectivity index (χ4v) is 2.22. The average Bonchev–Trinajstić information content (AvgIpc) is 3.02. The van der Waals surface area contributed by atoms with Crippen molar-refractivity contribution in [2.75, 3.05) is 0 Å². The van der Waals surface area contributed by atoms with E-state index in [1.165, 1.54) is 5.56 Å². The van der Waals surface area contributed by atoms with E-state index in [2.05, 4.69) is 15.5 Å². The predicted molar refractivity (Wildman–Crippen MR) is 90.4 cm³/mol. The maximum absolute atomic E-state index is 10.9. The first-order chi connectivity index (χ1) is 11.6. The summed E-state index contributed by atoms with van der Waals surface area (Å²) >= 11 is 0. The van der Waals surface area contributed by atoms with Crippen molar-refractivity contribution in [3.8, 4) is 0 Å². The summed E-state index contributed by atoms with van der Waals surface area (Å²) in [4.78, 5) is 10.9. The Kier molecular flexibility index (Phi) is 4.47. The number of carboxylic acid groups (broad SMARTS) is 1. The van der Waals surface area contributed by atoms with Crippen LogP contribution in [0.1, 0.15) is 32.9 Å². The van der Waals surface area contributed by atoms with Gasteiger partial charge in [-0.05, 0) is 46.7 Å². The van der Waals surface area contributed by atoms with Crippen LogP contribution >= 0.6 is 0 Å². The molecule has 3 rings (SSSR count). The molecule has 0 fully saturated rings. The van der Waals surface area contributed by atoms with Gasteiger partial charge in [-0.3, -0.25) is 0 Å². The second-order valence-electron chi connectivity index (χ2n) is 5.44. The number of aromatic nitrogens is 4. The molecule has 3 aromatic rings. The lowest BCUT2D eigenvalue weighted by molar-refractivity contribution is 0.0697. The first-order valence-electron chi connectivity index (χ1n) is 7.45. The van der Waals surface area contributed by atoms with E-state index in [9.17, 15) is 4.79 Å². The number of nitrogens with zero attached hydrogens (tertiary/aromatic N) is 4. The monoisotopic (exact) mass is 320 g/mol. The van der Waals surface area contributed by atoms with Crippen molar-refractivity contribution in [2.45, 2.75) is 13.5 Å². The van der Waals surface area contributed by atoms with E-state index >= 15 is 0 Å². The van der Waals surface area contributed by atoms with E-state index in [1.54, 1.807) is 28.9 Å². The van der Waals surface area contributed by atoms with Gasteiger partial charge in [-0.15, -0.1) is 5.10 Å². The molecule has 24 heavy (non-hydrogen) atoms. The van der Waals surface area contributed by atoms with Crippen molar-refractivity contribution in [1.29, 1.82) is 0 Å². The molecule has 2 aromatic carbocycles. The van der Waals surface area contributed by atoms with Gasteiger partial charge < -0.3 is 5.11 Å². The molecule has 0 aliphatic heterocycles. The highest BCUT2D eigenvalue weighted by Crippen LogP contribution is 2.10. The molecule has 0 aliphatic rings. The Labute approximate surface area is 139 Å². The molecule has 1 heterocycles. The molecule has 0 aliphatic carbocycles. The van der Waals surface area contributed by atoms with Gasteiger partial charge in [-0.1, -0.05) is 48.0 Å². The van der Waals surface area contributed by atoms with Crippen molar-refractivity contribution in [3.05, 3.63) is 76.6 Å². The molecule has 0 radical (unpaired) electrons. The van der Waals surface area contributed by atoms with E-state index in [0.29, 0.717) is 12.4 Å². The summed E-state index contributed by atoms with van der Waals surface area (Å²) < 4.78 is 1.67. The highest BCUT2D eigenvalue weighted by molar-refractivity contribution is 5.87. The van der Waals surface area contributed by atoms with Crippen LogP contribution in [0.25, 0.3) is 12.2 Å². The number of benzene rings is 2.